The van der Waals surface area contributed by atoms with Gasteiger partial charge in [0.15, 0.2) is 0 Å². The lowest BCUT2D eigenvalue weighted by Crippen LogP contribution is -2.53. The normalized spacial score (nSPS) is 19.1. The van der Waals surface area contributed by atoms with E-state index < -0.39 is 11.4 Å². The summed E-state index contributed by atoms with van der Waals surface area (Å²) in [7, 11) is 0. The van der Waals surface area contributed by atoms with Gasteiger partial charge in [-0.05, 0) is 48.0 Å². The predicted molar refractivity (Wildman–Crippen MR) is 73.3 cm³/mol. The highest BCUT2D eigenvalue weighted by Gasteiger charge is 2.37. The number of hydrogen-bond acceptors (Lipinski definition) is 2. The first-order valence-corrected chi connectivity index (χ1v) is 6.68. The maximum atomic E-state index is 13.6. The fraction of sp³-hybridized carbons (Fsp3) is 0.385. The smallest absolute Gasteiger partial charge is 0.252 e. The van der Waals surface area contributed by atoms with Crippen molar-refractivity contribution in [2.45, 2.75) is 25.8 Å². The van der Waals surface area contributed by atoms with Crippen LogP contribution in [0.25, 0.3) is 0 Å². The minimum absolute atomic E-state index is 0.182. The SMILES string of the molecule is CC1(C)NC(=O)CCN(c2ccc(Br)c(F)c2)C1=O. The van der Waals surface area contributed by atoms with Crippen LogP contribution in [0.2, 0.25) is 0 Å². The summed E-state index contributed by atoms with van der Waals surface area (Å²) in [4.78, 5) is 25.4. The molecule has 1 aromatic carbocycles. The highest BCUT2D eigenvalue weighted by Crippen LogP contribution is 2.25. The molecule has 0 bridgehead atoms. The zero-order valence-electron chi connectivity index (χ0n) is 10.7. The maximum absolute atomic E-state index is 13.6. The van der Waals surface area contributed by atoms with E-state index in [0.717, 1.165) is 0 Å². The van der Waals surface area contributed by atoms with Crippen molar-refractivity contribution in [1.29, 1.82) is 0 Å². The average molecular weight is 329 g/mol. The Hall–Kier alpha value is -1.43. The van der Waals surface area contributed by atoms with E-state index in [-0.39, 0.29) is 24.8 Å². The number of nitrogens with zero attached hydrogens (tertiary/aromatic N) is 1. The molecule has 1 aliphatic heterocycles. The number of anilines is 1. The Kier molecular flexibility index (Phi) is 3.62. The van der Waals surface area contributed by atoms with E-state index in [1.165, 1.54) is 11.0 Å². The number of nitrogens with one attached hydrogen (secondary N) is 1. The summed E-state index contributed by atoms with van der Waals surface area (Å²) >= 11 is 3.07. The lowest BCUT2D eigenvalue weighted by molar-refractivity contribution is -0.128. The molecule has 1 aromatic rings. The summed E-state index contributed by atoms with van der Waals surface area (Å²) in [5, 5.41) is 2.66. The number of carbonyl (C=O) groups excluding carboxylic acids is 2. The van der Waals surface area contributed by atoms with Crippen molar-refractivity contribution in [3.63, 3.8) is 0 Å². The minimum atomic E-state index is -0.989. The molecule has 0 unspecified atom stereocenters. The Balaban J connectivity index is 2.39. The van der Waals surface area contributed by atoms with Crippen molar-refractivity contribution in [2.24, 2.45) is 0 Å². The zero-order valence-corrected chi connectivity index (χ0v) is 12.3. The van der Waals surface area contributed by atoms with Crippen LogP contribution >= 0.6 is 15.9 Å². The topological polar surface area (TPSA) is 49.4 Å². The monoisotopic (exact) mass is 328 g/mol. The van der Waals surface area contributed by atoms with E-state index in [4.69, 9.17) is 0 Å². The first-order valence-electron chi connectivity index (χ1n) is 5.89. The van der Waals surface area contributed by atoms with Gasteiger partial charge in [-0.1, -0.05) is 0 Å². The van der Waals surface area contributed by atoms with E-state index >= 15 is 0 Å². The maximum Gasteiger partial charge on any atom is 0.252 e. The highest BCUT2D eigenvalue weighted by molar-refractivity contribution is 9.10. The molecule has 1 aliphatic rings. The molecular formula is C13H14BrFN2O2. The molecule has 6 heteroatoms. The van der Waals surface area contributed by atoms with Gasteiger partial charge in [0.25, 0.3) is 5.91 Å². The second-order valence-electron chi connectivity index (χ2n) is 4.98. The van der Waals surface area contributed by atoms with Crippen molar-refractivity contribution in [3.05, 3.63) is 28.5 Å². The van der Waals surface area contributed by atoms with Crippen LogP contribution in [0.1, 0.15) is 20.3 Å². The van der Waals surface area contributed by atoms with Gasteiger partial charge in [0.05, 0.1) is 4.47 Å². The van der Waals surface area contributed by atoms with Gasteiger partial charge in [0.2, 0.25) is 5.91 Å². The van der Waals surface area contributed by atoms with Crippen LogP contribution in [0.3, 0.4) is 0 Å². The van der Waals surface area contributed by atoms with E-state index in [9.17, 15) is 14.0 Å². The van der Waals surface area contributed by atoms with Crippen molar-refractivity contribution >= 4 is 33.4 Å². The fourth-order valence-corrected chi connectivity index (χ4v) is 2.26. The number of hydrogen-bond donors (Lipinski definition) is 1. The number of amides is 2. The van der Waals surface area contributed by atoms with Crippen LogP contribution in [0, 0.1) is 5.82 Å². The van der Waals surface area contributed by atoms with E-state index in [1.807, 2.05) is 0 Å². The molecule has 0 saturated carbocycles. The van der Waals surface area contributed by atoms with Crippen LogP contribution in [-0.4, -0.2) is 23.9 Å². The largest absolute Gasteiger partial charge is 0.342 e. The van der Waals surface area contributed by atoms with Crippen molar-refractivity contribution in [2.75, 3.05) is 11.4 Å². The number of halogens is 2. The molecule has 2 amide bonds. The first kappa shape index (κ1) is 14.0. The lowest BCUT2D eigenvalue weighted by Gasteiger charge is -2.28. The summed E-state index contributed by atoms with van der Waals surface area (Å²) in [6, 6.07) is 4.48. The molecule has 0 aromatic heterocycles. The molecule has 0 radical (unpaired) electrons. The van der Waals surface area contributed by atoms with Crippen LogP contribution in [0.5, 0.6) is 0 Å². The van der Waals surface area contributed by atoms with Crippen LogP contribution in [-0.2, 0) is 9.59 Å². The predicted octanol–water partition coefficient (Wildman–Crippen LogP) is 2.22. The standard InChI is InChI=1S/C13H14BrFN2O2/c1-13(2)12(19)17(6-5-11(18)16-13)8-3-4-9(14)10(15)7-8/h3-4,7H,5-6H2,1-2H3,(H,16,18). The summed E-state index contributed by atoms with van der Waals surface area (Å²) in [5.41, 5.74) is -0.535. The Morgan fingerprint density at radius 1 is 1.37 bits per heavy atom. The summed E-state index contributed by atoms with van der Waals surface area (Å²) in [6.45, 7) is 3.52. The molecule has 1 heterocycles. The van der Waals surface area contributed by atoms with Crippen molar-refractivity contribution < 1.29 is 14.0 Å². The molecule has 0 atom stereocenters. The van der Waals surface area contributed by atoms with Crippen LogP contribution < -0.4 is 10.2 Å². The molecule has 19 heavy (non-hydrogen) atoms. The first-order chi connectivity index (χ1) is 8.81. The van der Waals surface area contributed by atoms with Crippen molar-refractivity contribution in [3.8, 4) is 0 Å². The van der Waals surface area contributed by atoms with Gasteiger partial charge in [0.1, 0.15) is 11.4 Å². The Bertz CT molecular complexity index is 545. The Labute approximate surface area is 119 Å². The number of benzene rings is 1. The van der Waals surface area contributed by atoms with Gasteiger partial charge < -0.3 is 10.2 Å². The molecule has 1 fully saturated rings. The zero-order chi connectivity index (χ0) is 14.2. The highest BCUT2D eigenvalue weighted by atomic mass is 79.9. The minimum Gasteiger partial charge on any atom is -0.342 e. The number of carbonyl (C=O) groups is 2. The van der Waals surface area contributed by atoms with Crippen LogP contribution in [0.15, 0.2) is 22.7 Å². The molecular weight excluding hydrogens is 315 g/mol. The number of rotatable bonds is 1. The molecule has 1 N–H and O–H groups in total. The molecule has 102 valence electrons. The Morgan fingerprint density at radius 2 is 2.05 bits per heavy atom. The van der Waals surface area contributed by atoms with Gasteiger partial charge in [0, 0.05) is 18.7 Å². The lowest BCUT2D eigenvalue weighted by atomic mass is 10.0. The van der Waals surface area contributed by atoms with Gasteiger partial charge >= 0.3 is 0 Å². The fourth-order valence-electron chi connectivity index (χ4n) is 2.02. The van der Waals surface area contributed by atoms with Gasteiger partial charge in [-0.2, -0.15) is 0 Å². The third-order valence-corrected chi connectivity index (χ3v) is 3.65. The van der Waals surface area contributed by atoms with Crippen LogP contribution in [0.4, 0.5) is 10.1 Å². The van der Waals surface area contributed by atoms with Crippen molar-refractivity contribution in [1.82, 2.24) is 5.32 Å². The molecule has 0 spiro atoms. The van der Waals surface area contributed by atoms with E-state index in [2.05, 4.69) is 21.2 Å². The molecule has 2 rings (SSSR count). The van der Waals surface area contributed by atoms with Gasteiger partial charge in [-0.15, -0.1) is 0 Å². The summed E-state index contributed by atoms with van der Waals surface area (Å²) in [5.74, 6) is -0.870. The third kappa shape index (κ3) is 2.78. The molecule has 4 nitrogen and oxygen atoms in total. The van der Waals surface area contributed by atoms with E-state index in [1.54, 1.807) is 26.0 Å². The second-order valence-corrected chi connectivity index (χ2v) is 5.83. The second kappa shape index (κ2) is 4.92. The quantitative estimate of drug-likeness (QED) is 0.859. The summed E-state index contributed by atoms with van der Waals surface area (Å²) < 4.78 is 13.9. The van der Waals surface area contributed by atoms with Gasteiger partial charge in [-0.25, -0.2) is 4.39 Å². The van der Waals surface area contributed by atoms with E-state index in [0.29, 0.717) is 10.2 Å². The van der Waals surface area contributed by atoms with Gasteiger partial charge in [-0.3, -0.25) is 9.59 Å². The average Bonchev–Trinajstić information content (AvgIpc) is 2.41. The molecule has 1 saturated heterocycles. The Morgan fingerprint density at radius 3 is 2.68 bits per heavy atom. The summed E-state index contributed by atoms with van der Waals surface area (Å²) in [6.07, 6.45) is 0.201. The third-order valence-electron chi connectivity index (χ3n) is 3.01. The molecule has 0 aliphatic carbocycles.